The van der Waals surface area contributed by atoms with Gasteiger partial charge in [-0.3, -0.25) is 4.79 Å². The number of methoxy groups -OCH3 is 1. The molecule has 0 bridgehead atoms. The van der Waals surface area contributed by atoms with E-state index in [1.807, 2.05) is 0 Å². The predicted molar refractivity (Wildman–Crippen MR) is 88.9 cm³/mol. The second-order valence-electron chi connectivity index (χ2n) is 5.97. The lowest BCUT2D eigenvalue weighted by Gasteiger charge is -2.15. The van der Waals surface area contributed by atoms with Gasteiger partial charge < -0.3 is 9.72 Å². The summed E-state index contributed by atoms with van der Waals surface area (Å²) in [6, 6.07) is 4.44. The minimum atomic E-state index is -4.39. The molecular weight excluding hydrogens is 349 g/mol. The van der Waals surface area contributed by atoms with Crippen molar-refractivity contribution < 1.29 is 17.9 Å². The van der Waals surface area contributed by atoms with Crippen LogP contribution in [-0.2, 0) is 17.5 Å². The van der Waals surface area contributed by atoms with Gasteiger partial charge in [0.05, 0.1) is 18.2 Å². The molecule has 0 unspecified atom stereocenters. The molecule has 6 nitrogen and oxygen atoms in total. The summed E-state index contributed by atoms with van der Waals surface area (Å²) in [6.45, 7) is 3.55. The maximum atomic E-state index is 12.7. The Balaban J connectivity index is 2.11. The van der Waals surface area contributed by atoms with Crippen molar-refractivity contribution in [2.24, 2.45) is 0 Å². The zero-order valence-electron chi connectivity index (χ0n) is 14.4. The predicted octanol–water partition coefficient (Wildman–Crippen LogP) is 3.20. The average Bonchev–Trinajstić information content (AvgIpc) is 2.92. The standard InChI is InChI=1S/C17H17F3N4O2/c1-9(11-4-6-12(7-5-11)17(18,19)20)24-15-14(13(23-24)8-26-3)16(25)22-10(2)21-15/h4-7,9H,8H2,1-3H3,(H,21,22,25)/t9-/m1/s1. The fraction of sp³-hybridized carbons (Fsp3) is 0.353. The van der Waals surface area contributed by atoms with Crippen LogP contribution in [-0.4, -0.2) is 26.9 Å². The number of halogens is 3. The third kappa shape index (κ3) is 3.22. The van der Waals surface area contributed by atoms with Gasteiger partial charge in [0, 0.05) is 7.11 Å². The van der Waals surface area contributed by atoms with E-state index in [9.17, 15) is 18.0 Å². The van der Waals surface area contributed by atoms with Gasteiger partial charge in [-0.05, 0) is 31.5 Å². The topological polar surface area (TPSA) is 72.8 Å². The molecule has 2 aromatic heterocycles. The number of ether oxygens (including phenoxy) is 1. The van der Waals surface area contributed by atoms with Gasteiger partial charge in [-0.15, -0.1) is 0 Å². The Morgan fingerprint density at radius 2 is 1.92 bits per heavy atom. The molecule has 0 saturated carbocycles. The molecule has 0 aliphatic rings. The number of fused-ring (bicyclic) bond motifs is 1. The van der Waals surface area contributed by atoms with E-state index in [1.54, 1.807) is 13.8 Å². The number of benzene rings is 1. The number of aryl methyl sites for hydroxylation is 1. The Kier molecular flexibility index (Phi) is 4.57. The van der Waals surface area contributed by atoms with Gasteiger partial charge in [-0.25, -0.2) is 9.67 Å². The third-order valence-electron chi connectivity index (χ3n) is 4.12. The van der Waals surface area contributed by atoms with E-state index >= 15 is 0 Å². The van der Waals surface area contributed by atoms with E-state index in [1.165, 1.54) is 23.9 Å². The molecule has 2 heterocycles. The highest BCUT2D eigenvalue weighted by Gasteiger charge is 2.30. The smallest absolute Gasteiger partial charge is 0.378 e. The molecule has 0 spiro atoms. The van der Waals surface area contributed by atoms with Gasteiger partial charge >= 0.3 is 6.18 Å². The van der Waals surface area contributed by atoms with Gasteiger partial charge in [0.2, 0.25) is 0 Å². The number of aromatic nitrogens is 4. The lowest BCUT2D eigenvalue weighted by molar-refractivity contribution is -0.137. The molecule has 0 saturated heterocycles. The van der Waals surface area contributed by atoms with Crippen molar-refractivity contribution in [3.8, 4) is 0 Å². The van der Waals surface area contributed by atoms with E-state index in [-0.39, 0.29) is 12.2 Å². The van der Waals surface area contributed by atoms with Crippen LogP contribution in [0.2, 0.25) is 0 Å². The number of rotatable bonds is 4. The van der Waals surface area contributed by atoms with E-state index in [4.69, 9.17) is 4.74 Å². The number of aromatic amines is 1. The van der Waals surface area contributed by atoms with Crippen LogP contribution in [0.4, 0.5) is 13.2 Å². The highest BCUT2D eigenvalue weighted by molar-refractivity contribution is 5.77. The molecule has 0 aliphatic carbocycles. The van der Waals surface area contributed by atoms with Crippen LogP contribution < -0.4 is 5.56 Å². The minimum Gasteiger partial charge on any atom is -0.378 e. The van der Waals surface area contributed by atoms with Crippen molar-refractivity contribution in [1.82, 2.24) is 19.7 Å². The van der Waals surface area contributed by atoms with Gasteiger partial charge in [0.25, 0.3) is 5.56 Å². The Labute approximate surface area is 146 Å². The molecular formula is C17H17F3N4O2. The van der Waals surface area contributed by atoms with E-state index in [2.05, 4.69) is 15.1 Å². The van der Waals surface area contributed by atoms with Crippen molar-refractivity contribution in [1.29, 1.82) is 0 Å². The fourth-order valence-electron chi connectivity index (χ4n) is 2.82. The van der Waals surface area contributed by atoms with Gasteiger partial charge in [0.15, 0.2) is 5.65 Å². The van der Waals surface area contributed by atoms with Gasteiger partial charge in [-0.2, -0.15) is 18.3 Å². The number of hydrogen-bond acceptors (Lipinski definition) is 4. The quantitative estimate of drug-likeness (QED) is 0.770. The van der Waals surface area contributed by atoms with Crippen LogP contribution in [0, 0.1) is 6.92 Å². The SMILES string of the molecule is COCc1nn([C@H](C)c2ccc(C(F)(F)F)cc2)c2nc(C)[nH]c(=O)c12. The lowest BCUT2D eigenvalue weighted by atomic mass is 10.1. The van der Waals surface area contributed by atoms with Gasteiger partial charge in [0.1, 0.15) is 16.9 Å². The van der Waals surface area contributed by atoms with Crippen LogP contribution in [0.25, 0.3) is 11.0 Å². The molecule has 1 atom stereocenters. The van der Waals surface area contributed by atoms with Crippen LogP contribution in [0.1, 0.15) is 35.6 Å². The van der Waals surface area contributed by atoms with Crippen LogP contribution >= 0.6 is 0 Å². The number of nitrogens with zero attached hydrogens (tertiary/aromatic N) is 3. The summed E-state index contributed by atoms with van der Waals surface area (Å²) in [7, 11) is 1.49. The first-order chi connectivity index (χ1) is 12.2. The molecule has 0 aliphatic heterocycles. The largest absolute Gasteiger partial charge is 0.416 e. The summed E-state index contributed by atoms with van der Waals surface area (Å²) < 4.78 is 44.9. The van der Waals surface area contributed by atoms with Crippen LogP contribution in [0.15, 0.2) is 29.1 Å². The normalized spacial score (nSPS) is 13.3. The fourth-order valence-corrected chi connectivity index (χ4v) is 2.82. The van der Waals surface area contributed by atoms with Crippen molar-refractivity contribution in [2.75, 3.05) is 7.11 Å². The van der Waals surface area contributed by atoms with Gasteiger partial charge in [-0.1, -0.05) is 12.1 Å². The molecule has 26 heavy (non-hydrogen) atoms. The molecule has 3 rings (SSSR count). The second kappa shape index (κ2) is 6.56. The highest BCUT2D eigenvalue weighted by atomic mass is 19.4. The highest BCUT2D eigenvalue weighted by Crippen LogP contribution is 2.31. The average molecular weight is 366 g/mol. The Bertz CT molecular complexity index is 990. The molecule has 0 radical (unpaired) electrons. The maximum Gasteiger partial charge on any atom is 0.416 e. The summed E-state index contributed by atoms with van der Waals surface area (Å²) in [5.74, 6) is 0.423. The summed E-state index contributed by atoms with van der Waals surface area (Å²) >= 11 is 0. The van der Waals surface area contributed by atoms with E-state index < -0.39 is 17.8 Å². The Morgan fingerprint density at radius 1 is 1.27 bits per heavy atom. The first kappa shape index (κ1) is 18.1. The van der Waals surface area contributed by atoms with Crippen molar-refractivity contribution >= 4 is 11.0 Å². The zero-order chi connectivity index (χ0) is 19.1. The molecule has 138 valence electrons. The van der Waals surface area contributed by atoms with Crippen molar-refractivity contribution in [2.45, 2.75) is 32.7 Å². The molecule has 0 amide bonds. The van der Waals surface area contributed by atoms with Crippen LogP contribution in [0.3, 0.4) is 0 Å². The molecule has 1 aromatic carbocycles. The first-order valence-corrected chi connectivity index (χ1v) is 7.86. The third-order valence-corrected chi connectivity index (χ3v) is 4.12. The Hall–Kier alpha value is -2.68. The maximum absolute atomic E-state index is 12.7. The minimum absolute atomic E-state index is 0.122. The van der Waals surface area contributed by atoms with Crippen molar-refractivity contribution in [3.05, 3.63) is 57.3 Å². The summed E-state index contributed by atoms with van der Waals surface area (Å²) in [4.78, 5) is 19.3. The zero-order valence-corrected chi connectivity index (χ0v) is 14.4. The first-order valence-electron chi connectivity index (χ1n) is 7.86. The number of hydrogen-bond donors (Lipinski definition) is 1. The molecule has 1 N–H and O–H groups in total. The van der Waals surface area contributed by atoms with E-state index in [0.717, 1.165) is 12.1 Å². The molecule has 9 heteroatoms. The molecule has 3 aromatic rings. The van der Waals surface area contributed by atoms with Crippen molar-refractivity contribution in [3.63, 3.8) is 0 Å². The molecule has 0 fully saturated rings. The van der Waals surface area contributed by atoms with Crippen LogP contribution in [0.5, 0.6) is 0 Å². The monoisotopic (exact) mass is 366 g/mol. The lowest BCUT2D eigenvalue weighted by Crippen LogP contribution is -2.13. The Morgan fingerprint density at radius 3 is 2.50 bits per heavy atom. The summed E-state index contributed by atoms with van der Waals surface area (Å²) in [5.41, 5.74) is 0.362. The number of alkyl halides is 3. The summed E-state index contributed by atoms with van der Waals surface area (Å²) in [5, 5.41) is 4.73. The van der Waals surface area contributed by atoms with E-state index in [0.29, 0.717) is 28.1 Å². The summed E-state index contributed by atoms with van der Waals surface area (Å²) in [6.07, 6.45) is -4.39. The second-order valence-corrected chi connectivity index (χ2v) is 5.97. The number of H-pyrrole nitrogens is 1. The number of nitrogens with one attached hydrogen (secondary N) is 1.